The zero-order valence-electron chi connectivity index (χ0n) is 6.95. The second-order valence-electron chi connectivity index (χ2n) is 2.18. The number of aliphatic hydroxyl groups is 1. The van der Waals surface area contributed by atoms with Gasteiger partial charge in [-0.2, -0.15) is 0 Å². The molecule has 2 heteroatoms. The Morgan fingerprint density at radius 1 is 1.64 bits per heavy atom. The molecule has 0 unspecified atom stereocenters. The Kier molecular flexibility index (Phi) is 6.64. The summed E-state index contributed by atoms with van der Waals surface area (Å²) in [5.41, 5.74) is 1.12. The van der Waals surface area contributed by atoms with E-state index in [0.29, 0.717) is 0 Å². The zero-order valence-corrected chi connectivity index (χ0v) is 6.95. The van der Waals surface area contributed by atoms with Crippen molar-refractivity contribution in [3.63, 3.8) is 0 Å². The number of aliphatic imine (C=N–C) groups is 1. The Morgan fingerprint density at radius 2 is 2.36 bits per heavy atom. The van der Waals surface area contributed by atoms with Gasteiger partial charge in [-0.25, -0.2) is 0 Å². The molecular weight excluding hydrogens is 138 g/mol. The van der Waals surface area contributed by atoms with Crippen molar-refractivity contribution in [2.75, 3.05) is 13.7 Å². The van der Waals surface area contributed by atoms with E-state index in [0.717, 1.165) is 18.4 Å². The van der Waals surface area contributed by atoms with Crippen molar-refractivity contribution in [3.05, 3.63) is 24.3 Å². The van der Waals surface area contributed by atoms with Gasteiger partial charge in [-0.3, -0.25) is 4.99 Å². The van der Waals surface area contributed by atoms with Crippen LogP contribution in [0.4, 0.5) is 0 Å². The molecule has 0 heterocycles. The quantitative estimate of drug-likeness (QED) is 0.472. The maximum atomic E-state index is 8.54. The molecule has 0 radical (unpaired) electrons. The zero-order chi connectivity index (χ0) is 8.53. The van der Waals surface area contributed by atoms with Crippen LogP contribution in [0.5, 0.6) is 0 Å². The van der Waals surface area contributed by atoms with Gasteiger partial charge in [0.05, 0.1) is 0 Å². The van der Waals surface area contributed by atoms with Crippen LogP contribution in [0.25, 0.3) is 0 Å². The molecule has 0 atom stereocenters. The molecule has 11 heavy (non-hydrogen) atoms. The molecule has 2 nitrogen and oxygen atoms in total. The van der Waals surface area contributed by atoms with Crippen molar-refractivity contribution in [2.24, 2.45) is 4.99 Å². The molecule has 0 amide bonds. The Labute approximate surface area is 68.0 Å². The maximum Gasteiger partial charge on any atom is 0.0434 e. The van der Waals surface area contributed by atoms with Crippen molar-refractivity contribution in [3.8, 4) is 0 Å². The van der Waals surface area contributed by atoms with Crippen molar-refractivity contribution >= 4 is 6.21 Å². The largest absolute Gasteiger partial charge is 0.396 e. The molecule has 0 aliphatic heterocycles. The summed E-state index contributed by atoms with van der Waals surface area (Å²) >= 11 is 0. The van der Waals surface area contributed by atoms with E-state index < -0.39 is 0 Å². The van der Waals surface area contributed by atoms with Gasteiger partial charge in [0.25, 0.3) is 0 Å². The third-order valence-corrected chi connectivity index (χ3v) is 1.32. The van der Waals surface area contributed by atoms with Gasteiger partial charge in [0.1, 0.15) is 0 Å². The number of aliphatic hydroxyl groups excluding tert-OH is 1. The Hall–Kier alpha value is -0.890. The van der Waals surface area contributed by atoms with Crippen LogP contribution in [-0.4, -0.2) is 25.0 Å². The number of hydrogen-bond donors (Lipinski definition) is 1. The lowest BCUT2D eigenvalue weighted by atomic mass is 10.1. The maximum absolute atomic E-state index is 8.54. The highest BCUT2D eigenvalue weighted by atomic mass is 16.2. The standard InChI is InChI=1S/C9H15NO/c1-3-9(5-4-8-11)6-7-10-2/h3,6-7,11H,1,4-5,8H2,2H3/b9-6+,10-7+. The Morgan fingerprint density at radius 3 is 2.82 bits per heavy atom. The summed E-state index contributed by atoms with van der Waals surface area (Å²) in [5.74, 6) is 0. The van der Waals surface area contributed by atoms with Crippen LogP contribution < -0.4 is 0 Å². The molecule has 0 aromatic heterocycles. The van der Waals surface area contributed by atoms with Gasteiger partial charge in [-0.15, -0.1) is 0 Å². The fraction of sp³-hybridized carbons (Fsp3) is 0.444. The monoisotopic (exact) mass is 153 g/mol. The van der Waals surface area contributed by atoms with Crippen LogP contribution in [0, 0.1) is 0 Å². The van der Waals surface area contributed by atoms with Crippen LogP contribution in [-0.2, 0) is 0 Å². The molecule has 0 saturated carbocycles. The summed E-state index contributed by atoms with van der Waals surface area (Å²) in [4.78, 5) is 3.82. The molecular formula is C9H15NO. The first-order valence-corrected chi connectivity index (χ1v) is 3.69. The summed E-state index contributed by atoms with van der Waals surface area (Å²) in [6.45, 7) is 3.89. The molecule has 0 aromatic rings. The van der Waals surface area contributed by atoms with Crippen molar-refractivity contribution < 1.29 is 5.11 Å². The number of hydrogen-bond acceptors (Lipinski definition) is 2. The van der Waals surface area contributed by atoms with Gasteiger partial charge in [0, 0.05) is 19.9 Å². The third-order valence-electron chi connectivity index (χ3n) is 1.32. The molecule has 0 spiro atoms. The highest BCUT2D eigenvalue weighted by Gasteiger charge is 1.88. The first kappa shape index (κ1) is 10.1. The first-order valence-electron chi connectivity index (χ1n) is 3.69. The summed E-state index contributed by atoms with van der Waals surface area (Å²) in [6, 6.07) is 0. The molecule has 1 N–H and O–H groups in total. The summed E-state index contributed by atoms with van der Waals surface area (Å²) in [7, 11) is 1.73. The molecule has 0 aromatic carbocycles. The Bertz CT molecular complexity index is 159. The van der Waals surface area contributed by atoms with E-state index in [4.69, 9.17) is 5.11 Å². The first-order chi connectivity index (χ1) is 5.35. The fourth-order valence-electron chi connectivity index (χ4n) is 0.707. The third kappa shape index (κ3) is 5.55. The predicted molar refractivity (Wildman–Crippen MR) is 49.0 cm³/mol. The second-order valence-corrected chi connectivity index (χ2v) is 2.18. The van der Waals surface area contributed by atoms with Gasteiger partial charge < -0.3 is 5.11 Å². The molecule has 0 fully saturated rings. The molecule has 0 saturated heterocycles. The number of allylic oxidation sites excluding steroid dienone is 3. The van der Waals surface area contributed by atoms with E-state index in [-0.39, 0.29) is 6.61 Å². The highest BCUT2D eigenvalue weighted by molar-refractivity contribution is 5.72. The lowest BCUT2D eigenvalue weighted by molar-refractivity contribution is 0.289. The van der Waals surface area contributed by atoms with Gasteiger partial charge in [0.15, 0.2) is 0 Å². The van der Waals surface area contributed by atoms with E-state index in [9.17, 15) is 0 Å². The highest BCUT2D eigenvalue weighted by Crippen LogP contribution is 2.03. The Balaban J connectivity index is 3.83. The summed E-state index contributed by atoms with van der Waals surface area (Å²) in [6.07, 6.45) is 7.08. The molecule has 62 valence electrons. The molecule has 0 rings (SSSR count). The van der Waals surface area contributed by atoms with Crippen molar-refractivity contribution in [1.82, 2.24) is 0 Å². The SMILES string of the molecule is C=C/C(=C\C=N\C)CCCO. The average Bonchev–Trinajstić information content (AvgIpc) is 2.05. The van der Waals surface area contributed by atoms with Crippen LogP contribution in [0.3, 0.4) is 0 Å². The lowest BCUT2D eigenvalue weighted by Crippen LogP contribution is -1.85. The van der Waals surface area contributed by atoms with E-state index >= 15 is 0 Å². The smallest absolute Gasteiger partial charge is 0.0434 e. The van der Waals surface area contributed by atoms with E-state index in [1.54, 1.807) is 19.3 Å². The average molecular weight is 153 g/mol. The molecule has 0 bridgehead atoms. The fourth-order valence-corrected chi connectivity index (χ4v) is 0.707. The summed E-state index contributed by atoms with van der Waals surface area (Å²) < 4.78 is 0. The van der Waals surface area contributed by atoms with Gasteiger partial charge in [-0.1, -0.05) is 12.7 Å². The number of rotatable bonds is 5. The van der Waals surface area contributed by atoms with E-state index in [1.165, 1.54) is 0 Å². The van der Waals surface area contributed by atoms with E-state index in [1.807, 2.05) is 6.08 Å². The number of nitrogens with zero attached hydrogens (tertiary/aromatic N) is 1. The normalized spacial score (nSPS) is 12.4. The second kappa shape index (κ2) is 7.22. The summed E-state index contributed by atoms with van der Waals surface area (Å²) in [5, 5.41) is 8.54. The van der Waals surface area contributed by atoms with Crippen LogP contribution in [0.2, 0.25) is 0 Å². The van der Waals surface area contributed by atoms with Gasteiger partial charge in [-0.05, 0) is 24.5 Å². The van der Waals surface area contributed by atoms with Crippen LogP contribution in [0.1, 0.15) is 12.8 Å². The van der Waals surface area contributed by atoms with Crippen molar-refractivity contribution in [2.45, 2.75) is 12.8 Å². The molecule has 0 aliphatic rings. The van der Waals surface area contributed by atoms with Crippen LogP contribution in [0.15, 0.2) is 29.3 Å². The minimum atomic E-state index is 0.231. The minimum Gasteiger partial charge on any atom is -0.396 e. The lowest BCUT2D eigenvalue weighted by Gasteiger charge is -1.96. The molecule has 0 aliphatic carbocycles. The topological polar surface area (TPSA) is 32.6 Å². The van der Waals surface area contributed by atoms with Crippen molar-refractivity contribution in [1.29, 1.82) is 0 Å². The van der Waals surface area contributed by atoms with Gasteiger partial charge in [0.2, 0.25) is 0 Å². The minimum absolute atomic E-state index is 0.231. The van der Waals surface area contributed by atoms with Crippen LogP contribution >= 0.6 is 0 Å². The van der Waals surface area contributed by atoms with Gasteiger partial charge >= 0.3 is 0 Å². The van der Waals surface area contributed by atoms with E-state index in [2.05, 4.69) is 11.6 Å². The predicted octanol–water partition coefficient (Wildman–Crippen LogP) is 1.57.